The number of hydrogen-bond donors (Lipinski definition) is 2. The zero-order valence-corrected chi connectivity index (χ0v) is 47.2. The quantitative estimate of drug-likeness (QED) is 0.0919. The van der Waals surface area contributed by atoms with E-state index in [0.717, 1.165) is 114 Å². The number of carbonyl (C=O) groups excluding carboxylic acids is 4. The zero-order chi connectivity index (χ0) is 56.7. The molecule has 414 valence electrons. The Hall–Kier alpha value is -8.76. The van der Waals surface area contributed by atoms with Crippen LogP contribution in [0.3, 0.4) is 0 Å². The van der Waals surface area contributed by atoms with Gasteiger partial charge in [0.15, 0.2) is 0 Å². The van der Waals surface area contributed by atoms with Crippen LogP contribution in [0.15, 0.2) is 206 Å². The van der Waals surface area contributed by atoms with Crippen molar-refractivity contribution in [1.29, 1.82) is 0 Å². The fraction of sp³-hybridized carbons (Fsp3) is 0.268. The van der Waals surface area contributed by atoms with Gasteiger partial charge in [0.1, 0.15) is 0 Å². The number of carbonyl (C=O) groups is 4. The first-order chi connectivity index (χ1) is 39.5. The van der Waals surface area contributed by atoms with Crippen molar-refractivity contribution in [2.45, 2.75) is 70.6 Å². The van der Waals surface area contributed by atoms with Gasteiger partial charge in [0.05, 0.1) is 26.1 Å². The number of benzene rings is 8. The highest BCUT2D eigenvalue weighted by Crippen LogP contribution is 2.38. The summed E-state index contributed by atoms with van der Waals surface area (Å²) in [7, 11) is 2.94. The minimum Gasteiger partial charge on any atom is -0.469 e. The summed E-state index contributed by atoms with van der Waals surface area (Å²) in [4.78, 5) is 56.6. The lowest BCUT2D eigenvalue weighted by molar-refractivity contribution is -0.145. The van der Waals surface area contributed by atoms with E-state index in [9.17, 15) is 19.2 Å². The highest BCUT2D eigenvalue weighted by Gasteiger charge is 2.35. The summed E-state index contributed by atoms with van der Waals surface area (Å²) in [6.07, 6.45) is 4.61. The van der Waals surface area contributed by atoms with Crippen LogP contribution < -0.4 is 20.4 Å². The Morgan fingerprint density at radius 1 is 0.444 bits per heavy atom. The molecule has 2 N–H and O–H groups in total. The van der Waals surface area contributed by atoms with Crippen molar-refractivity contribution in [1.82, 2.24) is 0 Å². The van der Waals surface area contributed by atoms with Gasteiger partial charge >= 0.3 is 11.9 Å². The van der Waals surface area contributed by atoms with Gasteiger partial charge in [-0.1, -0.05) is 166 Å². The van der Waals surface area contributed by atoms with E-state index in [1.54, 1.807) is 0 Å². The zero-order valence-electron chi connectivity index (χ0n) is 47.2. The molecule has 0 aliphatic carbocycles. The van der Waals surface area contributed by atoms with Crippen LogP contribution in [0.25, 0.3) is 22.3 Å². The second kappa shape index (κ2) is 27.4. The van der Waals surface area contributed by atoms with E-state index in [-0.39, 0.29) is 47.4 Å². The molecule has 2 amide bonds. The van der Waals surface area contributed by atoms with E-state index in [1.807, 2.05) is 133 Å². The molecule has 0 radical (unpaired) electrons. The van der Waals surface area contributed by atoms with Crippen molar-refractivity contribution in [2.75, 3.05) is 60.8 Å². The Morgan fingerprint density at radius 3 is 1.16 bits per heavy atom. The maximum Gasteiger partial charge on any atom is 0.313 e. The van der Waals surface area contributed by atoms with Gasteiger partial charge in [0.2, 0.25) is 0 Å². The van der Waals surface area contributed by atoms with Crippen LogP contribution in [0.2, 0.25) is 0 Å². The van der Waals surface area contributed by atoms with Gasteiger partial charge < -0.3 is 29.9 Å². The first kappa shape index (κ1) is 56.9. The van der Waals surface area contributed by atoms with Crippen molar-refractivity contribution < 1.29 is 28.7 Å². The fourth-order valence-corrected chi connectivity index (χ4v) is 11.5. The monoisotopic (exact) mass is 1080 g/mol. The Labute approximate surface area is 478 Å². The molecule has 0 saturated carbocycles. The average Bonchev–Trinajstić information content (AvgIpc) is 3.56. The molecule has 2 fully saturated rings. The molecule has 10 nitrogen and oxygen atoms in total. The molecule has 10 heteroatoms. The van der Waals surface area contributed by atoms with Gasteiger partial charge in [-0.2, -0.15) is 0 Å². The van der Waals surface area contributed by atoms with Crippen LogP contribution in [0.1, 0.15) is 107 Å². The molecule has 8 aromatic carbocycles. The fourth-order valence-electron chi connectivity index (χ4n) is 11.5. The normalized spacial score (nSPS) is 14.4. The number of piperidine rings is 2. The predicted octanol–water partition coefficient (Wildman–Crippen LogP) is 15.2. The third kappa shape index (κ3) is 14.2. The third-order valence-electron chi connectivity index (χ3n) is 16.1. The lowest BCUT2D eigenvalue weighted by atomic mass is 9.80. The highest BCUT2D eigenvalue weighted by atomic mass is 16.5. The summed E-state index contributed by atoms with van der Waals surface area (Å²) in [6.45, 7) is 9.93. The van der Waals surface area contributed by atoms with E-state index in [2.05, 4.69) is 114 Å². The number of nitrogens with one attached hydrogen (secondary N) is 2. The Bertz CT molecular complexity index is 3330. The largest absolute Gasteiger partial charge is 0.469 e. The number of amides is 2. The van der Waals surface area contributed by atoms with Crippen molar-refractivity contribution in [2.24, 2.45) is 11.8 Å². The number of esters is 2. The van der Waals surface area contributed by atoms with Crippen molar-refractivity contribution in [3.8, 4) is 22.3 Å². The number of rotatable bonds is 16. The number of nitrogens with zero attached hydrogens (tertiary/aromatic N) is 2. The predicted molar refractivity (Wildman–Crippen MR) is 328 cm³/mol. The summed E-state index contributed by atoms with van der Waals surface area (Å²) in [6, 6.07) is 68.2. The van der Waals surface area contributed by atoms with Gasteiger partial charge in [-0.3, -0.25) is 19.2 Å². The Kier molecular flexibility index (Phi) is 19.3. The average molecular weight is 1080 g/mol. The molecule has 2 heterocycles. The standard InChI is InChI=1S/C36H38N2O3.C35H36N2O3/c1-25(2)26-13-15-27(16-14-26)32-11-7-8-12-33(32)35(39)37-30-17-19-31(20-18-30)38-23-21-29(22-24-38)34(36(40)41-3)28-9-5-4-6-10-28;1-3-25-13-15-26(16-14-25)31-11-7-8-12-32(31)34(38)36-29-17-19-30(20-18-29)37-23-21-28(22-24-37)33(35(39)40-2)27-9-5-4-6-10-27/h4-20,25,29,34H,21-24H2,1-3H3,(H,37,39);4-20,28,33H,3,21-24H2,1-2H3,(H,36,38). The van der Waals surface area contributed by atoms with Crippen LogP contribution in [0.4, 0.5) is 22.7 Å². The first-order valence-corrected chi connectivity index (χ1v) is 28.5. The molecule has 2 aliphatic heterocycles. The van der Waals surface area contributed by atoms with Crippen LogP contribution in [0, 0.1) is 11.8 Å². The molecule has 0 bridgehead atoms. The van der Waals surface area contributed by atoms with E-state index in [4.69, 9.17) is 9.47 Å². The molecule has 0 spiro atoms. The molecule has 2 unspecified atom stereocenters. The number of aryl methyl sites for hydroxylation is 1. The van der Waals surface area contributed by atoms with E-state index in [1.165, 1.54) is 25.3 Å². The summed E-state index contributed by atoms with van der Waals surface area (Å²) >= 11 is 0. The maximum absolute atomic E-state index is 13.3. The van der Waals surface area contributed by atoms with Crippen molar-refractivity contribution in [3.05, 3.63) is 240 Å². The molecule has 8 aromatic rings. The SMILES string of the molecule is CCc1ccc(-c2ccccc2C(=O)Nc2ccc(N3CCC(C(C(=O)OC)c4ccccc4)CC3)cc2)cc1.COC(=O)C(c1ccccc1)C1CCN(c2ccc(NC(=O)c3ccccc3-c3ccc(C(C)C)cc3)cc2)CC1. The molecule has 2 atom stereocenters. The maximum atomic E-state index is 13.3. The third-order valence-corrected chi connectivity index (χ3v) is 16.1. The number of methoxy groups -OCH3 is 2. The molecule has 0 aromatic heterocycles. The van der Waals surface area contributed by atoms with Gasteiger partial charge in [0.25, 0.3) is 11.8 Å². The van der Waals surface area contributed by atoms with Gasteiger partial charge in [-0.15, -0.1) is 0 Å². The summed E-state index contributed by atoms with van der Waals surface area (Å²) in [5.74, 6) is -0.119. The number of hydrogen-bond acceptors (Lipinski definition) is 8. The summed E-state index contributed by atoms with van der Waals surface area (Å²) < 4.78 is 10.3. The van der Waals surface area contributed by atoms with Crippen LogP contribution >= 0.6 is 0 Å². The molecular formula is C71H74N4O6. The van der Waals surface area contributed by atoms with Crippen molar-refractivity contribution >= 4 is 46.5 Å². The second-order valence-electron chi connectivity index (χ2n) is 21.4. The smallest absolute Gasteiger partial charge is 0.313 e. The molecule has 10 rings (SSSR count). The Morgan fingerprint density at radius 2 is 0.802 bits per heavy atom. The van der Waals surface area contributed by atoms with E-state index in [0.29, 0.717) is 17.0 Å². The number of ether oxygens (including phenoxy) is 2. The second-order valence-corrected chi connectivity index (χ2v) is 21.4. The van der Waals surface area contributed by atoms with Gasteiger partial charge in [0, 0.05) is 60.1 Å². The van der Waals surface area contributed by atoms with Crippen molar-refractivity contribution in [3.63, 3.8) is 0 Å². The molecule has 81 heavy (non-hydrogen) atoms. The summed E-state index contributed by atoms with van der Waals surface area (Å²) in [5, 5.41) is 6.15. The highest BCUT2D eigenvalue weighted by molar-refractivity contribution is 6.09. The van der Waals surface area contributed by atoms with E-state index < -0.39 is 0 Å². The molecule has 2 saturated heterocycles. The molecular weight excluding hydrogens is 1000 g/mol. The van der Waals surface area contributed by atoms with Crippen LogP contribution in [-0.4, -0.2) is 64.2 Å². The topological polar surface area (TPSA) is 117 Å². The van der Waals surface area contributed by atoms with Gasteiger partial charge in [-0.05, 0) is 155 Å². The van der Waals surface area contributed by atoms with E-state index >= 15 is 0 Å². The minimum atomic E-state index is -0.239. The van der Waals surface area contributed by atoms with Crippen LogP contribution in [0.5, 0.6) is 0 Å². The lowest BCUT2D eigenvalue weighted by Gasteiger charge is -2.36. The lowest BCUT2D eigenvalue weighted by Crippen LogP contribution is -2.37. The van der Waals surface area contributed by atoms with Gasteiger partial charge in [-0.25, -0.2) is 0 Å². The Balaban J connectivity index is 0.000000196. The summed E-state index contributed by atoms with van der Waals surface area (Å²) in [5.41, 5.74) is 13.5. The van der Waals surface area contributed by atoms with Crippen LogP contribution in [-0.2, 0) is 25.5 Å². The number of anilines is 4. The minimum absolute atomic E-state index is 0.126. The first-order valence-electron chi connectivity index (χ1n) is 28.5. The molecule has 2 aliphatic rings.